The van der Waals surface area contributed by atoms with E-state index in [0.29, 0.717) is 5.91 Å². The summed E-state index contributed by atoms with van der Waals surface area (Å²) in [5.41, 5.74) is 0.198. The second-order valence-electron chi connectivity index (χ2n) is 7.73. The molecule has 20 heavy (non-hydrogen) atoms. The summed E-state index contributed by atoms with van der Waals surface area (Å²) in [6, 6.07) is 0. The SMILES string of the molecule is Cl.O=C(NC12CC3CC(CC(C3)C1)C2)C1CCCNC1. The first-order chi connectivity index (χ1) is 9.22. The van der Waals surface area contributed by atoms with Crippen molar-refractivity contribution in [3.63, 3.8) is 0 Å². The number of carbonyl (C=O) groups is 1. The Bertz CT molecular complexity index is 343. The minimum absolute atomic E-state index is 0. The fourth-order valence-corrected chi connectivity index (χ4v) is 5.70. The Hall–Kier alpha value is -0.280. The van der Waals surface area contributed by atoms with E-state index in [-0.39, 0.29) is 23.9 Å². The van der Waals surface area contributed by atoms with Gasteiger partial charge in [-0.1, -0.05) is 0 Å². The lowest BCUT2D eigenvalue weighted by Gasteiger charge is -2.57. The van der Waals surface area contributed by atoms with Gasteiger partial charge in [0.15, 0.2) is 0 Å². The number of carbonyl (C=O) groups excluding carboxylic acids is 1. The van der Waals surface area contributed by atoms with Crippen LogP contribution in [0.2, 0.25) is 0 Å². The van der Waals surface area contributed by atoms with Crippen LogP contribution in [0.25, 0.3) is 0 Å². The lowest BCUT2D eigenvalue weighted by molar-refractivity contribution is -0.131. The van der Waals surface area contributed by atoms with Gasteiger partial charge in [0.05, 0.1) is 5.92 Å². The van der Waals surface area contributed by atoms with Crippen molar-refractivity contribution in [3.8, 4) is 0 Å². The molecular formula is C16H27ClN2O. The van der Waals surface area contributed by atoms with Gasteiger partial charge in [-0.2, -0.15) is 0 Å². The maximum absolute atomic E-state index is 12.5. The average molecular weight is 299 g/mol. The van der Waals surface area contributed by atoms with Crippen LogP contribution in [0.5, 0.6) is 0 Å². The third-order valence-electron chi connectivity index (χ3n) is 6.09. The van der Waals surface area contributed by atoms with Crippen molar-refractivity contribution >= 4 is 18.3 Å². The maximum Gasteiger partial charge on any atom is 0.224 e. The van der Waals surface area contributed by atoms with Crippen molar-refractivity contribution < 1.29 is 4.79 Å². The fraction of sp³-hybridized carbons (Fsp3) is 0.938. The van der Waals surface area contributed by atoms with E-state index in [9.17, 15) is 4.79 Å². The van der Waals surface area contributed by atoms with E-state index >= 15 is 0 Å². The van der Waals surface area contributed by atoms with Crippen LogP contribution < -0.4 is 10.6 Å². The van der Waals surface area contributed by atoms with Crippen LogP contribution >= 0.6 is 12.4 Å². The summed E-state index contributed by atoms with van der Waals surface area (Å²) in [6.07, 6.45) is 10.4. The number of rotatable bonds is 2. The molecule has 5 aliphatic rings. The Morgan fingerprint density at radius 1 is 1.05 bits per heavy atom. The summed E-state index contributed by atoms with van der Waals surface area (Å²) in [5.74, 6) is 3.30. The van der Waals surface area contributed by atoms with Crippen molar-refractivity contribution in [2.75, 3.05) is 13.1 Å². The number of halogens is 1. The zero-order valence-electron chi connectivity index (χ0n) is 12.2. The maximum atomic E-state index is 12.5. The molecule has 0 spiro atoms. The molecule has 4 bridgehead atoms. The Balaban J connectivity index is 0.00000121. The largest absolute Gasteiger partial charge is 0.350 e. The highest BCUT2D eigenvalue weighted by molar-refractivity contribution is 5.85. The van der Waals surface area contributed by atoms with Crippen LogP contribution in [0.3, 0.4) is 0 Å². The molecule has 2 N–H and O–H groups in total. The Kier molecular flexibility index (Phi) is 4.02. The first-order valence-corrected chi connectivity index (χ1v) is 8.25. The van der Waals surface area contributed by atoms with Crippen LogP contribution in [0, 0.1) is 23.7 Å². The van der Waals surface area contributed by atoms with Crippen molar-refractivity contribution in [1.82, 2.24) is 10.6 Å². The number of hydrogen-bond acceptors (Lipinski definition) is 2. The van der Waals surface area contributed by atoms with E-state index in [4.69, 9.17) is 0 Å². The quantitative estimate of drug-likeness (QED) is 0.822. The van der Waals surface area contributed by atoms with Gasteiger partial charge in [0, 0.05) is 12.1 Å². The summed E-state index contributed by atoms with van der Waals surface area (Å²) in [6.45, 7) is 1.97. The molecule has 4 heteroatoms. The topological polar surface area (TPSA) is 41.1 Å². The van der Waals surface area contributed by atoms with E-state index in [1.165, 1.54) is 38.5 Å². The van der Waals surface area contributed by atoms with Crippen LogP contribution in [0.1, 0.15) is 51.4 Å². The summed E-state index contributed by atoms with van der Waals surface area (Å²) >= 11 is 0. The lowest BCUT2D eigenvalue weighted by atomic mass is 9.53. The van der Waals surface area contributed by atoms with Crippen LogP contribution in [-0.4, -0.2) is 24.5 Å². The van der Waals surface area contributed by atoms with Gasteiger partial charge in [-0.05, 0) is 75.7 Å². The van der Waals surface area contributed by atoms with Gasteiger partial charge < -0.3 is 10.6 Å². The monoisotopic (exact) mass is 298 g/mol. The third kappa shape index (κ3) is 2.59. The van der Waals surface area contributed by atoms with Gasteiger partial charge in [-0.25, -0.2) is 0 Å². The van der Waals surface area contributed by atoms with Crippen molar-refractivity contribution in [3.05, 3.63) is 0 Å². The standard InChI is InChI=1S/C16H26N2O.ClH/c19-15(14-2-1-3-17-10-14)18-16-7-11-4-12(8-16)6-13(5-11)9-16;/h11-14,17H,1-10H2,(H,18,19);1H. The van der Waals surface area contributed by atoms with Gasteiger partial charge in [-0.3, -0.25) is 4.79 Å². The summed E-state index contributed by atoms with van der Waals surface area (Å²) in [7, 11) is 0. The molecule has 0 aromatic heterocycles. The zero-order chi connectivity index (χ0) is 12.9. The second-order valence-corrected chi connectivity index (χ2v) is 7.73. The second kappa shape index (κ2) is 5.49. The summed E-state index contributed by atoms with van der Waals surface area (Å²) in [4.78, 5) is 12.5. The number of amides is 1. The van der Waals surface area contributed by atoms with E-state index < -0.39 is 0 Å². The molecule has 1 amide bonds. The summed E-state index contributed by atoms with van der Waals surface area (Å²) in [5, 5.41) is 6.88. The van der Waals surface area contributed by atoms with Crippen molar-refractivity contribution in [2.45, 2.75) is 56.9 Å². The highest BCUT2D eigenvalue weighted by Gasteiger charge is 2.51. The van der Waals surface area contributed by atoms with Gasteiger partial charge in [0.2, 0.25) is 5.91 Å². The number of nitrogens with one attached hydrogen (secondary N) is 2. The number of hydrogen-bond donors (Lipinski definition) is 2. The molecule has 0 aromatic rings. The van der Waals surface area contributed by atoms with Gasteiger partial charge in [0.1, 0.15) is 0 Å². The minimum Gasteiger partial charge on any atom is -0.350 e. The van der Waals surface area contributed by atoms with E-state index in [0.717, 1.165) is 43.7 Å². The van der Waals surface area contributed by atoms with Gasteiger partial charge in [-0.15, -0.1) is 12.4 Å². The molecule has 0 aromatic carbocycles. The van der Waals surface area contributed by atoms with Crippen LogP contribution in [0.15, 0.2) is 0 Å². The molecule has 114 valence electrons. The zero-order valence-corrected chi connectivity index (χ0v) is 13.0. The number of piperidine rings is 1. The molecule has 4 aliphatic carbocycles. The highest BCUT2D eigenvalue weighted by Crippen LogP contribution is 2.55. The van der Waals surface area contributed by atoms with Crippen molar-refractivity contribution in [1.29, 1.82) is 0 Å². The fourth-order valence-electron chi connectivity index (χ4n) is 5.70. The molecule has 0 radical (unpaired) electrons. The Morgan fingerprint density at radius 3 is 2.15 bits per heavy atom. The third-order valence-corrected chi connectivity index (χ3v) is 6.09. The predicted molar refractivity (Wildman–Crippen MR) is 81.9 cm³/mol. The minimum atomic E-state index is 0. The van der Waals surface area contributed by atoms with E-state index in [2.05, 4.69) is 10.6 Å². The predicted octanol–water partition coefficient (Wildman–Crippen LogP) is 2.49. The normalized spacial score (nSPS) is 45.8. The van der Waals surface area contributed by atoms with Gasteiger partial charge >= 0.3 is 0 Å². The Morgan fingerprint density at radius 2 is 1.65 bits per heavy atom. The van der Waals surface area contributed by atoms with E-state index in [1.807, 2.05) is 0 Å². The molecule has 1 aliphatic heterocycles. The smallest absolute Gasteiger partial charge is 0.224 e. The highest BCUT2D eigenvalue weighted by atomic mass is 35.5. The van der Waals surface area contributed by atoms with Crippen LogP contribution in [0.4, 0.5) is 0 Å². The molecule has 5 rings (SSSR count). The molecule has 1 saturated heterocycles. The average Bonchev–Trinajstić information content (AvgIpc) is 2.37. The van der Waals surface area contributed by atoms with E-state index in [1.54, 1.807) is 0 Å². The molecule has 3 nitrogen and oxygen atoms in total. The molecule has 4 saturated carbocycles. The molecular weight excluding hydrogens is 272 g/mol. The molecule has 1 unspecified atom stereocenters. The summed E-state index contributed by atoms with van der Waals surface area (Å²) < 4.78 is 0. The molecule has 1 heterocycles. The molecule has 5 fully saturated rings. The first kappa shape index (κ1) is 14.6. The lowest BCUT2D eigenvalue weighted by Crippen LogP contribution is -2.61. The van der Waals surface area contributed by atoms with Gasteiger partial charge in [0.25, 0.3) is 0 Å². The molecule has 1 atom stereocenters. The van der Waals surface area contributed by atoms with Crippen LogP contribution in [-0.2, 0) is 4.79 Å². The first-order valence-electron chi connectivity index (χ1n) is 8.25. The van der Waals surface area contributed by atoms with Crippen molar-refractivity contribution in [2.24, 2.45) is 23.7 Å². The Labute approximate surface area is 128 Å².